The van der Waals surface area contributed by atoms with Gasteiger partial charge in [-0.05, 0) is 74.5 Å². The maximum absolute atomic E-state index is 13.0. The first kappa shape index (κ1) is 25.7. The molecule has 196 valence electrons. The molecule has 2 saturated carbocycles. The number of hydrogen-bond donors (Lipinski definition) is 1. The summed E-state index contributed by atoms with van der Waals surface area (Å²) in [5.74, 6) is 1.56. The molecule has 2 amide bonds. The van der Waals surface area contributed by atoms with E-state index in [2.05, 4.69) is 24.1 Å². The highest BCUT2D eigenvalue weighted by atomic mass is 35.5. The molecule has 36 heavy (non-hydrogen) atoms. The zero-order chi connectivity index (χ0) is 25.8. The van der Waals surface area contributed by atoms with Crippen LogP contribution in [-0.4, -0.2) is 41.3 Å². The molecular formula is C27H36ClN3O4S. The molecule has 0 spiro atoms. The summed E-state index contributed by atoms with van der Waals surface area (Å²) < 4.78 is 5.02. The Morgan fingerprint density at radius 3 is 2.78 bits per heavy atom. The van der Waals surface area contributed by atoms with Crippen molar-refractivity contribution >= 4 is 45.9 Å². The normalized spacial score (nSPS) is 35.7. The van der Waals surface area contributed by atoms with Crippen molar-refractivity contribution < 1.29 is 19.1 Å². The summed E-state index contributed by atoms with van der Waals surface area (Å²) in [6.45, 7) is 6.77. The number of carbonyl (C=O) groups excluding carboxylic acids is 3. The average Bonchev–Trinajstić information content (AvgIpc) is 3.41. The number of hydrogen-bond acceptors (Lipinski definition) is 6. The summed E-state index contributed by atoms with van der Waals surface area (Å²) in [6, 6.07) is 0. The maximum atomic E-state index is 13.0. The number of nitrogens with zero attached hydrogens (tertiary/aromatic N) is 2. The topological polar surface area (TPSA) is 88.6 Å². The molecule has 1 aliphatic heterocycles. The second-order valence-electron chi connectivity index (χ2n) is 11.5. The van der Waals surface area contributed by atoms with E-state index in [9.17, 15) is 14.4 Å². The lowest BCUT2D eigenvalue weighted by Crippen LogP contribution is -2.54. The first-order valence-electron chi connectivity index (χ1n) is 13.2. The van der Waals surface area contributed by atoms with Gasteiger partial charge < -0.3 is 15.0 Å². The SMILES string of the molecule is CCOC(=O)c1cnc(NC(=O)CC2CC[C@H]3[C@@H]4CC(Cl)=C5N(C)C(=O)CC[C@]5(C)[C@H]4CC[C@]23C)s1. The predicted molar refractivity (Wildman–Crippen MR) is 139 cm³/mol. The van der Waals surface area contributed by atoms with Crippen molar-refractivity contribution in [3.63, 3.8) is 0 Å². The smallest absolute Gasteiger partial charge is 0.350 e. The van der Waals surface area contributed by atoms with Crippen LogP contribution in [0.5, 0.6) is 0 Å². The summed E-state index contributed by atoms with van der Waals surface area (Å²) in [4.78, 5) is 43.8. The Morgan fingerprint density at radius 2 is 2.03 bits per heavy atom. The van der Waals surface area contributed by atoms with E-state index in [0.717, 1.165) is 60.6 Å². The van der Waals surface area contributed by atoms with E-state index >= 15 is 0 Å². The Morgan fingerprint density at radius 1 is 1.25 bits per heavy atom. The number of nitrogens with one attached hydrogen (secondary N) is 1. The van der Waals surface area contributed by atoms with Gasteiger partial charge in [-0.2, -0.15) is 0 Å². The lowest BCUT2D eigenvalue weighted by Gasteiger charge is -2.59. The van der Waals surface area contributed by atoms with Gasteiger partial charge in [-0.3, -0.25) is 9.59 Å². The first-order chi connectivity index (χ1) is 17.1. The molecule has 3 aliphatic carbocycles. The van der Waals surface area contributed by atoms with Gasteiger partial charge in [-0.15, -0.1) is 0 Å². The molecule has 9 heteroatoms. The molecule has 2 heterocycles. The van der Waals surface area contributed by atoms with Crippen LogP contribution in [0, 0.1) is 34.5 Å². The quantitative estimate of drug-likeness (QED) is 0.482. The second kappa shape index (κ2) is 9.43. The molecule has 1 unspecified atom stereocenters. The van der Waals surface area contributed by atoms with Crippen molar-refractivity contribution in [3.05, 3.63) is 21.8 Å². The summed E-state index contributed by atoms with van der Waals surface area (Å²) in [7, 11) is 1.88. The van der Waals surface area contributed by atoms with E-state index in [1.165, 1.54) is 6.20 Å². The van der Waals surface area contributed by atoms with Crippen molar-refractivity contribution in [2.75, 3.05) is 19.0 Å². The van der Waals surface area contributed by atoms with Gasteiger partial charge in [0, 0.05) is 36.0 Å². The number of halogens is 1. The van der Waals surface area contributed by atoms with Crippen LogP contribution in [0.15, 0.2) is 16.9 Å². The fraction of sp³-hybridized carbons (Fsp3) is 0.704. The molecule has 4 aliphatic rings. The standard InChI is InChI=1S/C27H36ClN3O4S/c1-5-35-24(34)20-14-29-25(36-20)30-21(32)12-15-6-7-17-16-13-19(28)23-27(3,11-9-22(33)31(23)4)18(16)8-10-26(15,17)2/h14-18H,5-13H2,1-4H3,(H,29,30,32)/t15?,16-,17-,18-,26+,27+/m0/s1. The molecule has 0 aromatic carbocycles. The largest absolute Gasteiger partial charge is 0.462 e. The summed E-state index contributed by atoms with van der Waals surface area (Å²) in [5, 5.41) is 4.21. The van der Waals surface area contributed by atoms with E-state index in [-0.39, 0.29) is 22.6 Å². The molecule has 6 atom stereocenters. The minimum atomic E-state index is -0.413. The fourth-order valence-electron chi connectivity index (χ4n) is 8.15. The van der Waals surface area contributed by atoms with E-state index in [0.29, 0.717) is 53.1 Å². The van der Waals surface area contributed by atoms with Gasteiger partial charge in [0.15, 0.2) is 5.13 Å². The molecule has 1 aromatic rings. The Hall–Kier alpha value is -1.93. The fourth-order valence-corrected chi connectivity index (χ4v) is 9.39. The molecule has 0 bridgehead atoms. The number of rotatable bonds is 5. The zero-order valence-corrected chi connectivity index (χ0v) is 23.1. The van der Waals surface area contributed by atoms with Crippen LogP contribution in [0.2, 0.25) is 0 Å². The number of carbonyl (C=O) groups is 3. The number of ether oxygens (including phenoxy) is 1. The highest BCUT2D eigenvalue weighted by Crippen LogP contribution is 2.67. The number of fused-ring (bicyclic) bond motifs is 5. The van der Waals surface area contributed by atoms with Crippen LogP contribution in [0.25, 0.3) is 0 Å². The van der Waals surface area contributed by atoms with Crippen LogP contribution in [0.4, 0.5) is 5.13 Å². The minimum Gasteiger partial charge on any atom is -0.462 e. The van der Waals surface area contributed by atoms with Crippen molar-refractivity contribution in [2.24, 2.45) is 34.5 Å². The first-order valence-corrected chi connectivity index (χ1v) is 14.4. The van der Waals surface area contributed by atoms with Gasteiger partial charge >= 0.3 is 5.97 Å². The Kier molecular flexibility index (Phi) is 6.73. The van der Waals surface area contributed by atoms with Crippen molar-refractivity contribution in [1.29, 1.82) is 0 Å². The van der Waals surface area contributed by atoms with Crippen molar-refractivity contribution in [3.8, 4) is 0 Å². The van der Waals surface area contributed by atoms with Crippen LogP contribution in [0.3, 0.4) is 0 Å². The molecular weight excluding hydrogens is 498 g/mol. The maximum Gasteiger partial charge on any atom is 0.350 e. The third-order valence-corrected chi connectivity index (χ3v) is 11.1. The second-order valence-corrected chi connectivity index (χ2v) is 13.0. The van der Waals surface area contributed by atoms with Crippen molar-refractivity contribution in [2.45, 2.75) is 72.1 Å². The lowest BCUT2D eigenvalue weighted by molar-refractivity contribution is -0.136. The van der Waals surface area contributed by atoms with E-state index in [1.807, 2.05) is 11.9 Å². The summed E-state index contributed by atoms with van der Waals surface area (Å²) in [6.07, 6.45) is 8.57. The van der Waals surface area contributed by atoms with Gasteiger partial charge in [0.2, 0.25) is 11.8 Å². The average molecular weight is 534 g/mol. The van der Waals surface area contributed by atoms with Crippen LogP contribution < -0.4 is 5.32 Å². The Labute approximate surface area is 222 Å². The lowest BCUT2D eigenvalue weighted by atomic mass is 9.49. The van der Waals surface area contributed by atoms with E-state index in [1.54, 1.807) is 6.92 Å². The van der Waals surface area contributed by atoms with E-state index in [4.69, 9.17) is 16.3 Å². The van der Waals surface area contributed by atoms with Crippen molar-refractivity contribution in [1.82, 2.24) is 9.88 Å². The van der Waals surface area contributed by atoms with Crippen LogP contribution >= 0.6 is 22.9 Å². The molecule has 1 N–H and O–H groups in total. The van der Waals surface area contributed by atoms with Crippen LogP contribution in [0.1, 0.15) is 81.8 Å². The summed E-state index contributed by atoms with van der Waals surface area (Å²) >= 11 is 8.08. The number of piperidine rings is 1. The predicted octanol–water partition coefficient (Wildman–Crippen LogP) is 5.82. The Bertz CT molecular complexity index is 1120. The molecule has 1 aromatic heterocycles. The van der Waals surface area contributed by atoms with Gasteiger partial charge in [0.1, 0.15) is 4.88 Å². The third kappa shape index (κ3) is 4.08. The van der Waals surface area contributed by atoms with Gasteiger partial charge in [-0.1, -0.05) is 36.8 Å². The number of aromatic nitrogens is 1. The molecule has 0 radical (unpaired) electrons. The van der Waals surface area contributed by atoms with Gasteiger partial charge in [-0.25, -0.2) is 9.78 Å². The molecule has 1 saturated heterocycles. The minimum absolute atomic E-state index is 0.0444. The molecule has 5 rings (SSSR count). The highest BCUT2D eigenvalue weighted by molar-refractivity contribution is 7.17. The number of amides is 2. The molecule has 3 fully saturated rings. The van der Waals surface area contributed by atoms with Crippen LogP contribution in [-0.2, 0) is 14.3 Å². The number of allylic oxidation sites excluding steroid dienone is 2. The van der Waals surface area contributed by atoms with E-state index < -0.39 is 5.97 Å². The number of likely N-dealkylation sites (tertiary alicyclic amines) is 1. The van der Waals surface area contributed by atoms with Gasteiger partial charge in [0.05, 0.1) is 12.8 Å². The number of anilines is 1. The molecule has 7 nitrogen and oxygen atoms in total. The Balaban J connectivity index is 1.29. The van der Waals surface area contributed by atoms with Gasteiger partial charge in [0.25, 0.3) is 0 Å². The highest BCUT2D eigenvalue weighted by Gasteiger charge is 2.60. The number of esters is 1. The number of thiazole rings is 1. The third-order valence-electron chi connectivity index (χ3n) is 9.89. The zero-order valence-electron chi connectivity index (χ0n) is 21.6. The monoisotopic (exact) mass is 533 g/mol. The summed E-state index contributed by atoms with van der Waals surface area (Å²) in [5.41, 5.74) is 1.10.